The van der Waals surface area contributed by atoms with Crippen LogP contribution in [-0.2, 0) is 14.1 Å². The van der Waals surface area contributed by atoms with E-state index in [4.69, 9.17) is 13.8 Å². The number of carbonyl (C=O) groups excluding carboxylic acids is 1. The molecular formula is C38H53N4O6P. The molecule has 10 nitrogen and oxygen atoms in total. The van der Waals surface area contributed by atoms with Gasteiger partial charge in [0.1, 0.15) is 12.0 Å². The van der Waals surface area contributed by atoms with Crippen LogP contribution in [0.4, 0.5) is 0 Å². The molecule has 1 amide bonds. The van der Waals surface area contributed by atoms with Crippen LogP contribution in [0, 0.1) is 5.92 Å². The van der Waals surface area contributed by atoms with Crippen molar-refractivity contribution in [2.75, 3.05) is 19.7 Å². The number of nitrogens with one attached hydrogen (secondary N) is 3. The fraction of sp³-hybridized carbons (Fsp3) is 0.447. The molecule has 0 spiro atoms. The van der Waals surface area contributed by atoms with Crippen LogP contribution in [0.5, 0.6) is 5.75 Å². The van der Waals surface area contributed by atoms with Gasteiger partial charge in [0.15, 0.2) is 0 Å². The molecule has 4 unspecified atom stereocenters. The minimum absolute atomic E-state index is 0.0141. The molecule has 0 aliphatic carbocycles. The van der Waals surface area contributed by atoms with E-state index in [2.05, 4.69) is 83.1 Å². The van der Waals surface area contributed by atoms with Crippen LogP contribution in [0.3, 0.4) is 0 Å². The second-order valence-electron chi connectivity index (χ2n) is 11.7. The van der Waals surface area contributed by atoms with Gasteiger partial charge < -0.3 is 19.1 Å². The molecule has 4 atom stereocenters. The van der Waals surface area contributed by atoms with Crippen LogP contribution < -0.4 is 26.2 Å². The normalized spacial score (nSPS) is 18.9. The molecule has 1 fully saturated rings. The molecule has 11 heteroatoms. The van der Waals surface area contributed by atoms with Gasteiger partial charge in [-0.15, -0.1) is 0 Å². The summed E-state index contributed by atoms with van der Waals surface area (Å²) in [6.45, 7) is 5.30. The lowest BCUT2D eigenvalue weighted by Crippen LogP contribution is -2.33. The molecule has 1 aliphatic rings. The summed E-state index contributed by atoms with van der Waals surface area (Å²) in [7, 11) is -1.53. The maximum absolute atomic E-state index is 12.4. The lowest BCUT2D eigenvalue weighted by Gasteiger charge is -2.21. The maximum Gasteiger partial charge on any atom is 0.330 e. The van der Waals surface area contributed by atoms with Crippen LogP contribution in [0.15, 0.2) is 113 Å². The minimum Gasteiger partial charge on any atom is -0.436 e. The van der Waals surface area contributed by atoms with Gasteiger partial charge in [0.2, 0.25) is 5.91 Å². The molecule has 2 heterocycles. The summed E-state index contributed by atoms with van der Waals surface area (Å²) in [6.07, 6.45) is 30.2. The number of hydrogen-bond donors (Lipinski definition) is 3. The number of carbonyl (C=O) groups is 1. The summed E-state index contributed by atoms with van der Waals surface area (Å²) >= 11 is 0. The molecular weight excluding hydrogens is 639 g/mol. The molecule has 1 saturated heterocycles. The first kappa shape index (κ1) is 39.6. The summed E-state index contributed by atoms with van der Waals surface area (Å²) < 4.78 is 19.7. The second-order valence-corrected chi connectivity index (χ2v) is 13.0. The van der Waals surface area contributed by atoms with Crippen LogP contribution >= 0.6 is 8.53 Å². The Labute approximate surface area is 292 Å². The number of aromatic nitrogens is 2. The first-order valence-electron chi connectivity index (χ1n) is 17.3. The Balaban J connectivity index is 1.29. The first-order chi connectivity index (χ1) is 24.0. The predicted octanol–water partition coefficient (Wildman–Crippen LogP) is 7.41. The monoisotopic (exact) mass is 692 g/mol. The van der Waals surface area contributed by atoms with Crippen molar-refractivity contribution in [1.29, 1.82) is 0 Å². The molecule has 0 bridgehead atoms. The van der Waals surface area contributed by atoms with Gasteiger partial charge in [-0.3, -0.25) is 19.1 Å². The second kappa shape index (κ2) is 24.3. The third-order valence-electron chi connectivity index (χ3n) is 7.51. The van der Waals surface area contributed by atoms with E-state index in [1.165, 1.54) is 16.8 Å². The van der Waals surface area contributed by atoms with Crippen LogP contribution in [0.25, 0.3) is 0 Å². The van der Waals surface area contributed by atoms with Crippen molar-refractivity contribution in [3.8, 4) is 5.75 Å². The number of amides is 1. The van der Waals surface area contributed by atoms with E-state index in [1.54, 1.807) is 0 Å². The maximum atomic E-state index is 12.4. The fourth-order valence-electron chi connectivity index (χ4n) is 5.01. The highest BCUT2D eigenvalue weighted by Gasteiger charge is 2.35. The fourth-order valence-corrected chi connectivity index (χ4v) is 6.13. The van der Waals surface area contributed by atoms with E-state index in [9.17, 15) is 14.4 Å². The Morgan fingerprint density at radius 3 is 2.24 bits per heavy atom. The van der Waals surface area contributed by atoms with Crippen molar-refractivity contribution < 1.29 is 18.6 Å². The standard InChI is InChI=1S/C38H53N4O6P/c1-3-4-5-6-7-8-9-10-11-12-13-14-15-16-17-18-22-25-35(43)39-27-28-40-49(48-33-23-20-19-21-24-33)46-31-34-30-32(2)37(47-34)42-29-26-36(44)41-38(42)45/h4-5,7-8,10-11,13-14,16-17,19-21,23-24,26,29,32,34,37,40H,3,6,9,12,15,18,22,25,27-28,30-31H2,1-2H3,(H,39,43)(H,41,44,45)/b5-4-,8-7-,11-10-,14-13-,17-16-. The van der Waals surface area contributed by atoms with Crippen LogP contribution in [0.1, 0.15) is 77.9 Å². The number of aromatic amines is 1. The van der Waals surface area contributed by atoms with Gasteiger partial charge in [-0.05, 0) is 63.5 Å². The molecule has 266 valence electrons. The predicted molar refractivity (Wildman–Crippen MR) is 198 cm³/mol. The molecule has 3 N–H and O–H groups in total. The molecule has 49 heavy (non-hydrogen) atoms. The van der Waals surface area contributed by atoms with Gasteiger partial charge in [-0.2, -0.15) is 0 Å². The summed E-state index contributed by atoms with van der Waals surface area (Å²) in [5.41, 5.74) is -0.947. The Bertz CT molecular complexity index is 1480. The summed E-state index contributed by atoms with van der Waals surface area (Å²) in [5, 5.41) is 6.23. The summed E-state index contributed by atoms with van der Waals surface area (Å²) in [4.78, 5) is 38.4. The zero-order valence-corrected chi connectivity index (χ0v) is 29.8. The smallest absolute Gasteiger partial charge is 0.330 e. The molecule has 1 aromatic carbocycles. The van der Waals surface area contributed by atoms with Gasteiger partial charge in [0.25, 0.3) is 5.56 Å². The lowest BCUT2D eigenvalue weighted by molar-refractivity contribution is -0.121. The van der Waals surface area contributed by atoms with Crippen LogP contribution in [0.2, 0.25) is 0 Å². The number of benzene rings is 1. The number of H-pyrrole nitrogens is 1. The highest BCUT2D eigenvalue weighted by atomic mass is 31.2. The number of nitrogens with zero attached hydrogens (tertiary/aromatic N) is 1. The molecule has 1 aliphatic heterocycles. The van der Waals surface area contributed by atoms with E-state index in [0.29, 0.717) is 31.7 Å². The third kappa shape index (κ3) is 16.9. The third-order valence-corrected chi connectivity index (χ3v) is 8.75. The highest BCUT2D eigenvalue weighted by molar-refractivity contribution is 7.45. The zero-order chi connectivity index (χ0) is 34.9. The Hall–Kier alpha value is -3.82. The number of ether oxygens (including phenoxy) is 1. The van der Waals surface area contributed by atoms with Crippen molar-refractivity contribution in [2.45, 2.75) is 84.0 Å². The Kier molecular flexibility index (Phi) is 19.7. The zero-order valence-electron chi connectivity index (χ0n) is 28.9. The SMILES string of the molecule is CC/C=C\C/C=C\C/C=C\C/C=C\C/C=C\CCCC(=O)NCCNP(OCC1CC(C)C(n2ccc(=O)[nH]c2=O)O1)Oc1ccccc1. The van der Waals surface area contributed by atoms with E-state index in [1.807, 2.05) is 37.3 Å². The van der Waals surface area contributed by atoms with Crippen molar-refractivity contribution in [1.82, 2.24) is 20.0 Å². The van der Waals surface area contributed by atoms with Gasteiger partial charge in [-0.25, -0.2) is 9.88 Å². The average Bonchev–Trinajstić information content (AvgIpc) is 3.46. The Morgan fingerprint density at radius 1 is 0.939 bits per heavy atom. The number of unbranched alkanes of at least 4 members (excludes halogenated alkanes) is 1. The summed E-state index contributed by atoms with van der Waals surface area (Å²) in [6, 6.07) is 10.7. The van der Waals surface area contributed by atoms with Crippen LogP contribution in [-0.4, -0.2) is 41.3 Å². The number of rotatable bonds is 23. The average molecular weight is 693 g/mol. The molecule has 1 aromatic heterocycles. The largest absolute Gasteiger partial charge is 0.436 e. The van der Waals surface area contributed by atoms with Gasteiger partial charge in [-0.1, -0.05) is 92.8 Å². The van der Waals surface area contributed by atoms with Crippen molar-refractivity contribution in [3.05, 3.63) is 124 Å². The first-order valence-corrected chi connectivity index (χ1v) is 18.5. The van der Waals surface area contributed by atoms with Crippen molar-refractivity contribution >= 4 is 14.4 Å². The van der Waals surface area contributed by atoms with E-state index in [0.717, 1.165) is 44.9 Å². The molecule has 2 aromatic rings. The number of para-hydroxylation sites is 1. The van der Waals surface area contributed by atoms with E-state index >= 15 is 0 Å². The van der Waals surface area contributed by atoms with Gasteiger partial charge >= 0.3 is 14.2 Å². The quantitative estimate of drug-likeness (QED) is 0.0630. The van der Waals surface area contributed by atoms with Crippen molar-refractivity contribution in [3.63, 3.8) is 0 Å². The number of hydrogen-bond acceptors (Lipinski definition) is 7. The molecule has 0 radical (unpaired) electrons. The Morgan fingerprint density at radius 2 is 1.59 bits per heavy atom. The van der Waals surface area contributed by atoms with Crippen molar-refractivity contribution in [2.24, 2.45) is 5.92 Å². The molecule has 3 rings (SSSR count). The summed E-state index contributed by atoms with van der Waals surface area (Å²) in [5.74, 6) is 0.724. The highest BCUT2D eigenvalue weighted by Crippen LogP contribution is 2.38. The van der Waals surface area contributed by atoms with Gasteiger partial charge in [0, 0.05) is 37.7 Å². The van der Waals surface area contributed by atoms with E-state index < -0.39 is 26.0 Å². The number of allylic oxidation sites excluding steroid dienone is 10. The molecule has 0 saturated carbocycles. The minimum atomic E-state index is -1.53. The lowest BCUT2D eigenvalue weighted by atomic mass is 10.1. The topological polar surface area (TPSA) is 124 Å². The van der Waals surface area contributed by atoms with E-state index in [-0.39, 0.29) is 24.5 Å². The van der Waals surface area contributed by atoms with Gasteiger partial charge in [0.05, 0.1) is 12.7 Å².